The molecule has 6 aromatic rings. The fraction of sp³-hybridized carbons (Fsp3) is 0.0312. The van der Waals surface area contributed by atoms with Crippen LogP contribution in [0.15, 0.2) is 110 Å². The third-order valence-corrected chi connectivity index (χ3v) is 6.53. The zero-order valence-corrected chi connectivity index (χ0v) is 21.3. The first-order valence-electron chi connectivity index (χ1n) is 12.6. The molecule has 0 saturated heterocycles. The standard InChI is InChI=1S/C32H24N4O4/c1-20(36-28-12-6-3-9-25(28)26-10-4-7-13-29(26)36)33-23-16-22(32(38)39)17-24(18-23)34-30(37)19-40-31-15-14-21-8-2-5-11-27(21)35-31/h2-18,33H,1,19H2,(H,34,37)(H,38,39). The summed E-state index contributed by atoms with van der Waals surface area (Å²) in [5.74, 6) is -0.733. The SMILES string of the molecule is C=C(Nc1cc(NC(=O)COc2ccc3ccccc3n2)cc(C(=O)O)c1)n1c2ccccc2c2ccccc21. The molecule has 0 saturated carbocycles. The highest BCUT2D eigenvalue weighted by atomic mass is 16.5. The van der Waals surface area contributed by atoms with Crippen LogP contribution in [-0.4, -0.2) is 33.1 Å². The Morgan fingerprint density at radius 3 is 2.12 bits per heavy atom. The maximum absolute atomic E-state index is 12.7. The van der Waals surface area contributed by atoms with Gasteiger partial charge in [0.1, 0.15) is 5.82 Å². The Morgan fingerprint density at radius 2 is 1.43 bits per heavy atom. The van der Waals surface area contributed by atoms with Crippen LogP contribution in [0.4, 0.5) is 11.4 Å². The molecule has 196 valence electrons. The first kappa shape index (κ1) is 24.7. The van der Waals surface area contributed by atoms with Gasteiger partial charge in [0.15, 0.2) is 6.61 Å². The highest BCUT2D eigenvalue weighted by molar-refractivity contribution is 6.10. The first-order chi connectivity index (χ1) is 19.5. The number of carboxylic acids is 1. The van der Waals surface area contributed by atoms with Crippen LogP contribution in [0.2, 0.25) is 0 Å². The van der Waals surface area contributed by atoms with Gasteiger partial charge in [0.2, 0.25) is 5.88 Å². The highest BCUT2D eigenvalue weighted by Gasteiger charge is 2.15. The van der Waals surface area contributed by atoms with Crippen molar-refractivity contribution in [1.29, 1.82) is 0 Å². The van der Waals surface area contributed by atoms with E-state index in [1.54, 1.807) is 12.1 Å². The monoisotopic (exact) mass is 528 g/mol. The summed E-state index contributed by atoms with van der Waals surface area (Å²) < 4.78 is 7.57. The second kappa shape index (κ2) is 10.3. The van der Waals surface area contributed by atoms with Crippen molar-refractivity contribution in [2.75, 3.05) is 17.2 Å². The number of rotatable bonds is 8. The van der Waals surface area contributed by atoms with Crippen molar-refractivity contribution in [3.63, 3.8) is 0 Å². The van der Waals surface area contributed by atoms with Crippen LogP contribution in [-0.2, 0) is 4.79 Å². The van der Waals surface area contributed by atoms with E-state index in [0.29, 0.717) is 23.1 Å². The number of aromatic carboxylic acids is 1. The highest BCUT2D eigenvalue weighted by Crippen LogP contribution is 2.32. The van der Waals surface area contributed by atoms with E-state index in [9.17, 15) is 14.7 Å². The van der Waals surface area contributed by atoms with Gasteiger partial charge in [0.25, 0.3) is 5.91 Å². The van der Waals surface area contributed by atoms with Gasteiger partial charge in [-0.2, -0.15) is 0 Å². The second-order valence-electron chi connectivity index (χ2n) is 9.22. The van der Waals surface area contributed by atoms with Crippen molar-refractivity contribution in [1.82, 2.24) is 9.55 Å². The minimum atomic E-state index is -1.13. The lowest BCUT2D eigenvalue weighted by molar-refractivity contribution is -0.118. The molecule has 2 heterocycles. The molecular formula is C32H24N4O4. The van der Waals surface area contributed by atoms with Crippen LogP contribution in [0.5, 0.6) is 5.88 Å². The number of amides is 1. The van der Waals surface area contributed by atoms with Crippen molar-refractivity contribution < 1.29 is 19.4 Å². The van der Waals surface area contributed by atoms with Crippen LogP contribution in [0, 0.1) is 0 Å². The van der Waals surface area contributed by atoms with E-state index >= 15 is 0 Å². The van der Waals surface area contributed by atoms with E-state index in [1.165, 1.54) is 12.1 Å². The number of ether oxygens (including phenoxy) is 1. The molecule has 6 rings (SSSR count). The van der Waals surface area contributed by atoms with Gasteiger partial charge >= 0.3 is 5.97 Å². The molecule has 0 bridgehead atoms. The Bertz CT molecular complexity index is 1890. The van der Waals surface area contributed by atoms with Crippen LogP contribution in [0.1, 0.15) is 10.4 Å². The van der Waals surface area contributed by atoms with E-state index in [1.807, 2.05) is 71.3 Å². The van der Waals surface area contributed by atoms with Gasteiger partial charge < -0.3 is 20.5 Å². The third kappa shape index (κ3) is 4.81. The lowest BCUT2D eigenvalue weighted by atomic mass is 10.1. The van der Waals surface area contributed by atoms with E-state index in [0.717, 1.165) is 32.7 Å². The average molecular weight is 529 g/mol. The molecule has 3 N–H and O–H groups in total. The Hall–Kier alpha value is -5.63. The number of fused-ring (bicyclic) bond motifs is 4. The quantitative estimate of drug-likeness (QED) is 0.206. The molecule has 0 aliphatic heterocycles. The molecule has 1 amide bonds. The van der Waals surface area contributed by atoms with Gasteiger partial charge in [-0.05, 0) is 42.5 Å². The number of pyridine rings is 1. The molecule has 4 aromatic carbocycles. The van der Waals surface area contributed by atoms with Gasteiger partial charge in [-0.25, -0.2) is 9.78 Å². The van der Waals surface area contributed by atoms with Crippen molar-refractivity contribution in [2.45, 2.75) is 0 Å². The fourth-order valence-electron chi connectivity index (χ4n) is 4.80. The number of anilines is 2. The van der Waals surface area contributed by atoms with Gasteiger partial charge in [-0.15, -0.1) is 0 Å². The molecule has 0 spiro atoms. The lowest BCUT2D eigenvalue weighted by Gasteiger charge is -2.16. The summed E-state index contributed by atoms with van der Waals surface area (Å²) in [6, 6.07) is 31.7. The molecule has 40 heavy (non-hydrogen) atoms. The van der Waals surface area contributed by atoms with Crippen LogP contribution >= 0.6 is 0 Å². The van der Waals surface area contributed by atoms with Gasteiger partial charge in [-0.3, -0.25) is 9.36 Å². The number of nitrogens with one attached hydrogen (secondary N) is 2. The maximum atomic E-state index is 12.7. The van der Waals surface area contributed by atoms with Crippen LogP contribution in [0.3, 0.4) is 0 Å². The molecule has 2 aromatic heterocycles. The van der Waals surface area contributed by atoms with Gasteiger partial charge in [0.05, 0.1) is 22.1 Å². The number of hydrogen-bond donors (Lipinski definition) is 3. The van der Waals surface area contributed by atoms with E-state index in [-0.39, 0.29) is 12.2 Å². The molecule has 8 nitrogen and oxygen atoms in total. The smallest absolute Gasteiger partial charge is 0.335 e. The predicted octanol–water partition coefficient (Wildman–Crippen LogP) is 6.60. The minimum Gasteiger partial charge on any atom is -0.478 e. The van der Waals surface area contributed by atoms with Crippen molar-refractivity contribution >= 4 is 61.8 Å². The normalized spacial score (nSPS) is 11.0. The van der Waals surface area contributed by atoms with Crippen molar-refractivity contribution in [3.8, 4) is 5.88 Å². The summed E-state index contributed by atoms with van der Waals surface area (Å²) in [5, 5.41) is 18.8. The largest absolute Gasteiger partial charge is 0.478 e. The Kier molecular flexibility index (Phi) is 6.34. The summed E-state index contributed by atoms with van der Waals surface area (Å²) in [6.07, 6.45) is 0. The number of carbonyl (C=O) groups is 2. The topological polar surface area (TPSA) is 105 Å². The number of nitrogens with zero attached hydrogens (tertiary/aromatic N) is 2. The molecule has 8 heteroatoms. The number of carboxylic acid groups (broad SMARTS) is 1. The fourth-order valence-corrected chi connectivity index (χ4v) is 4.80. The molecule has 0 radical (unpaired) electrons. The summed E-state index contributed by atoms with van der Waals surface area (Å²) in [6.45, 7) is 3.94. The first-order valence-corrected chi connectivity index (χ1v) is 12.6. The molecule has 0 atom stereocenters. The van der Waals surface area contributed by atoms with Gasteiger partial charge in [0, 0.05) is 33.6 Å². The second-order valence-corrected chi connectivity index (χ2v) is 9.22. The van der Waals surface area contributed by atoms with Crippen LogP contribution < -0.4 is 15.4 Å². The summed E-state index contributed by atoms with van der Waals surface area (Å²) in [5.41, 5.74) is 3.45. The minimum absolute atomic E-state index is 0.00689. The van der Waals surface area contributed by atoms with E-state index < -0.39 is 11.9 Å². The van der Waals surface area contributed by atoms with Gasteiger partial charge in [-0.1, -0.05) is 61.2 Å². The predicted molar refractivity (Wildman–Crippen MR) is 158 cm³/mol. The van der Waals surface area contributed by atoms with Crippen LogP contribution in [0.25, 0.3) is 38.5 Å². The number of carbonyl (C=O) groups excluding carboxylic acids is 1. The number of benzene rings is 4. The Morgan fingerprint density at radius 1 is 0.800 bits per heavy atom. The zero-order chi connectivity index (χ0) is 27.6. The Labute approximate surface area is 229 Å². The van der Waals surface area contributed by atoms with E-state index in [2.05, 4.69) is 34.3 Å². The number of para-hydroxylation sites is 3. The Balaban J connectivity index is 1.23. The lowest BCUT2D eigenvalue weighted by Crippen LogP contribution is -2.21. The maximum Gasteiger partial charge on any atom is 0.335 e. The molecule has 0 fully saturated rings. The average Bonchev–Trinajstić information content (AvgIpc) is 3.30. The van der Waals surface area contributed by atoms with Crippen molar-refractivity contribution in [2.24, 2.45) is 0 Å². The summed E-state index contributed by atoms with van der Waals surface area (Å²) >= 11 is 0. The molecule has 0 unspecified atom stereocenters. The summed E-state index contributed by atoms with van der Waals surface area (Å²) in [4.78, 5) is 29.0. The van der Waals surface area contributed by atoms with E-state index in [4.69, 9.17) is 4.74 Å². The number of hydrogen-bond acceptors (Lipinski definition) is 5. The van der Waals surface area contributed by atoms with Crippen molar-refractivity contribution in [3.05, 3.63) is 115 Å². The molecular weight excluding hydrogens is 504 g/mol. The molecule has 0 aliphatic rings. The number of aromatic nitrogens is 2. The summed E-state index contributed by atoms with van der Waals surface area (Å²) in [7, 11) is 0. The third-order valence-electron chi connectivity index (χ3n) is 6.53. The zero-order valence-electron chi connectivity index (χ0n) is 21.3. The molecule has 0 aliphatic carbocycles.